The van der Waals surface area contributed by atoms with Crippen molar-refractivity contribution in [3.05, 3.63) is 64.3 Å². The fourth-order valence-electron chi connectivity index (χ4n) is 2.62. The van der Waals surface area contributed by atoms with Gasteiger partial charge in [0.2, 0.25) is 0 Å². The number of rotatable bonds is 4. The first kappa shape index (κ1) is 19.7. The lowest BCUT2D eigenvalue weighted by Gasteiger charge is -2.13. The molecular formula is C19H16Cl2N4O3. The van der Waals surface area contributed by atoms with Crippen LogP contribution in [0.4, 0.5) is 5.69 Å². The summed E-state index contributed by atoms with van der Waals surface area (Å²) in [6, 6.07) is 13.2. The van der Waals surface area contributed by atoms with Gasteiger partial charge in [-0.15, -0.1) is 0 Å². The molecule has 7 nitrogen and oxygen atoms in total. The zero-order chi connectivity index (χ0) is 20.3. The fourth-order valence-corrected chi connectivity index (χ4v) is 2.98. The van der Waals surface area contributed by atoms with Crippen LogP contribution >= 0.6 is 23.2 Å². The van der Waals surface area contributed by atoms with Gasteiger partial charge >= 0.3 is 11.8 Å². The second-order valence-electron chi connectivity index (χ2n) is 5.80. The van der Waals surface area contributed by atoms with Crippen LogP contribution in [0.1, 0.15) is 17.4 Å². The van der Waals surface area contributed by atoms with Gasteiger partial charge in [-0.1, -0.05) is 35.3 Å². The highest BCUT2D eigenvalue weighted by Gasteiger charge is 2.21. The van der Waals surface area contributed by atoms with Crippen LogP contribution in [0, 0.1) is 0 Å². The summed E-state index contributed by atoms with van der Waals surface area (Å²) in [5.74, 6) is -2.23. The van der Waals surface area contributed by atoms with Crippen molar-refractivity contribution in [2.45, 2.75) is 6.92 Å². The van der Waals surface area contributed by atoms with Crippen molar-refractivity contribution in [2.24, 2.45) is 0 Å². The number of hydrogen-bond donors (Lipinski definition) is 3. The molecule has 0 spiro atoms. The van der Waals surface area contributed by atoms with Gasteiger partial charge in [-0.25, -0.2) is 4.68 Å². The van der Waals surface area contributed by atoms with Crippen molar-refractivity contribution >= 4 is 57.5 Å². The molecule has 3 N–H and O–H groups in total. The molecule has 0 radical (unpaired) electrons. The van der Waals surface area contributed by atoms with E-state index in [9.17, 15) is 14.4 Å². The van der Waals surface area contributed by atoms with Crippen LogP contribution in [0.3, 0.4) is 0 Å². The molecule has 0 aliphatic carbocycles. The summed E-state index contributed by atoms with van der Waals surface area (Å²) in [7, 11) is 0. The molecule has 0 saturated carbocycles. The lowest BCUT2D eigenvalue weighted by molar-refractivity contribution is -0.136. The number of para-hydroxylation sites is 1. The van der Waals surface area contributed by atoms with Gasteiger partial charge in [0, 0.05) is 17.0 Å². The van der Waals surface area contributed by atoms with Crippen molar-refractivity contribution in [1.82, 2.24) is 9.99 Å². The summed E-state index contributed by atoms with van der Waals surface area (Å²) in [5.41, 5.74) is 3.48. The fraction of sp³-hybridized carbons (Fsp3) is 0.105. The molecule has 144 valence electrons. The maximum Gasteiger partial charge on any atom is 0.328 e. The maximum absolute atomic E-state index is 12.8. The van der Waals surface area contributed by atoms with Gasteiger partial charge in [-0.2, -0.15) is 0 Å². The molecule has 28 heavy (non-hydrogen) atoms. The molecule has 3 amide bonds. The Labute approximate surface area is 170 Å². The molecule has 9 heteroatoms. The molecule has 1 heterocycles. The quantitative estimate of drug-likeness (QED) is 0.566. The van der Waals surface area contributed by atoms with Crippen LogP contribution in [0.25, 0.3) is 10.9 Å². The summed E-state index contributed by atoms with van der Waals surface area (Å²) < 4.78 is 1.25. The predicted octanol–water partition coefficient (Wildman–Crippen LogP) is 3.41. The van der Waals surface area contributed by atoms with Crippen LogP contribution in [0.15, 0.2) is 48.5 Å². The van der Waals surface area contributed by atoms with Crippen LogP contribution < -0.4 is 16.1 Å². The van der Waals surface area contributed by atoms with E-state index < -0.39 is 17.7 Å². The van der Waals surface area contributed by atoms with E-state index in [0.29, 0.717) is 33.2 Å². The summed E-state index contributed by atoms with van der Waals surface area (Å²) in [5, 5.41) is 6.56. The van der Waals surface area contributed by atoms with Crippen molar-refractivity contribution < 1.29 is 14.4 Å². The molecule has 0 aliphatic heterocycles. The van der Waals surface area contributed by atoms with Crippen molar-refractivity contribution in [1.29, 1.82) is 0 Å². The minimum absolute atomic E-state index is 0.106. The standard InChI is InChI=1S/C19H16Cl2N4O3/c1-2-22-18(27)19(28)24-25-15-8-7-12(20)9-11(15)10-16(25)17(26)23-14-6-4-3-5-13(14)21/h3-10H,2H2,1H3,(H,22,27)(H,23,26)(H,24,28). The number of aromatic nitrogens is 1. The number of nitrogens with zero attached hydrogens (tertiary/aromatic N) is 1. The van der Waals surface area contributed by atoms with E-state index in [0.717, 1.165) is 0 Å². The Balaban J connectivity index is 2.00. The van der Waals surface area contributed by atoms with E-state index in [-0.39, 0.29) is 5.69 Å². The number of nitrogens with one attached hydrogen (secondary N) is 3. The molecule has 0 saturated heterocycles. The Morgan fingerprint density at radius 3 is 2.46 bits per heavy atom. The van der Waals surface area contributed by atoms with Gasteiger partial charge in [0.1, 0.15) is 5.69 Å². The molecule has 0 aliphatic rings. The molecule has 3 aromatic rings. The number of amides is 3. The van der Waals surface area contributed by atoms with Gasteiger partial charge in [0.05, 0.1) is 16.2 Å². The van der Waals surface area contributed by atoms with Crippen LogP contribution in [0.5, 0.6) is 0 Å². The first-order chi connectivity index (χ1) is 13.4. The Morgan fingerprint density at radius 1 is 1.00 bits per heavy atom. The average molecular weight is 419 g/mol. The summed E-state index contributed by atoms with van der Waals surface area (Å²) in [6.45, 7) is 1.99. The number of carbonyl (C=O) groups excluding carboxylic acids is 3. The number of likely N-dealkylation sites (N-methyl/N-ethyl adjacent to an activating group) is 1. The Hall–Kier alpha value is -3.03. The van der Waals surface area contributed by atoms with Crippen LogP contribution in [0.2, 0.25) is 10.0 Å². The molecule has 0 bridgehead atoms. The molecule has 1 aromatic heterocycles. The third kappa shape index (κ3) is 4.11. The normalized spacial score (nSPS) is 10.5. The first-order valence-electron chi connectivity index (χ1n) is 8.36. The lowest BCUT2D eigenvalue weighted by atomic mass is 10.2. The third-order valence-corrected chi connectivity index (χ3v) is 4.44. The van der Waals surface area contributed by atoms with Crippen LogP contribution in [-0.4, -0.2) is 28.9 Å². The highest BCUT2D eigenvalue weighted by Crippen LogP contribution is 2.25. The number of anilines is 1. The van der Waals surface area contributed by atoms with Crippen molar-refractivity contribution in [2.75, 3.05) is 17.3 Å². The molecule has 0 fully saturated rings. The molecular weight excluding hydrogens is 403 g/mol. The van der Waals surface area contributed by atoms with E-state index in [4.69, 9.17) is 23.2 Å². The number of halogens is 2. The van der Waals surface area contributed by atoms with Gasteiger partial charge in [-0.3, -0.25) is 19.8 Å². The Morgan fingerprint density at radius 2 is 1.75 bits per heavy atom. The summed E-state index contributed by atoms with van der Waals surface area (Å²) in [4.78, 5) is 36.8. The van der Waals surface area contributed by atoms with Gasteiger partial charge < -0.3 is 10.6 Å². The zero-order valence-corrected chi connectivity index (χ0v) is 16.3. The second kappa shape index (κ2) is 8.33. The molecule has 2 aromatic carbocycles. The second-order valence-corrected chi connectivity index (χ2v) is 6.65. The van der Waals surface area contributed by atoms with E-state index in [1.807, 2.05) is 0 Å². The van der Waals surface area contributed by atoms with Crippen molar-refractivity contribution in [3.8, 4) is 0 Å². The van der Waals surface area contributed by atoms with Crippen LogP contribution in [-0.2, 0) is 9.59 Å². The predicted molar refractivity (Wildman–Crippen MR) is 109 cm³/mol. The number of carbonyl (C=O) groups is 3. The minimum Gasteiger partial charge on any atom is -0.348 e. The summed E-state index contributed by atoms with van der Waals surface area (Å²) >= 11 is 12.1. The lowest BCUT2D eigenvalue weighted by Crippen LogP contribution is -2.39. The number of fused-ring (bicyclic) bond motifs is 1. The highest BCUT2D eigenvalue weighted by atomic mass is 35.5. The Bertz CT molecular complexity index is 1080. The van der Waals surface area contributed by atoms with E-state index >= 15 is 0 Å². The Kier molecular flexibility index (Phi) is 5.87. The maximum atomic E-state index is 12.8. The summed E-state index contributed by atoms with van der Waals surface area (Å²) in [6.07, 6.45) is 0. The third-order valence-electron chi connectivity index (χ3n) is 3.88. The monoisotopic (exact) mass is 418 g/mol. The molecule has 0 unspecified atom stereocenters. The average Bonchev–Trinajstić information content (AvgIpc) is 3.01. The number of benzene rings is 2. The smallest absolute Gasteiger partial charge is 0.328 e. The number of hydrogen-bond acceptors (Lipinski definition) is 3. The first-order valence-corrected chi connectivity index (χ1v) is 9.12. The largest absolute Gasteiger partial charge is 0.348 e. The highest BCUT2D eigenvalue weighted by molar-refractivity contribution is 6.38. The van der Waals surface area contributed by atoms with Gasteiger partial charge in [0.15, 0.2) is 0 Å². The minimum atomic E-state index is -0.902. The van der Waals surface area contributed by atoms with E-state index in [1.165, 1.54) is 4.68 Å². The topological polar surface area (TPSA) is 92.2 Å². The van der Waals surface area contributed by atoms with Gasteiger partial charge in [0.25, 0.3) is 5.91 Å². The molecule has 3 rings (SSSR count). The molecule has 0 atom stereocenters. The van der Waals surface area contributed by atoms with Gasteiger partial charge in [-0.05, 0) is 43.3 Å². The van der Waals surface area contributed by atoms with E-state index in [1.54, 1.807) is 55.5 Å². The SMILES string of the molecule is CCNC(=O)C(=O)Nn1c(C(=O)Nc2ccccc2Cl)cc2cc(Cl)ccc21. The van der Waals surface area contributed by atoms with Crippen molar-refractivity contribution in [3.63, 3.8) is 0 Å². The zero-order valence-electron chi connectivity index (χ0n) is 14.8. The van der Waals surface area contributed by atoms with E-state index in [2.05, 4.69) is 16.1 Å².